The van der Waals surface area contributed by atoms with E-state index in [0.29, 0.717) is 12.3 Å². The third-order valence-corrected chi connectivity index (χ3v) is 2.82. The molecule has 0 aliphatic carbocycles. The molecule has 6 nitrogen and oxygen atoms in total. The molecule has 0 bridgehead atoms. The highest BCUT2D eigenvalue weighted by molar-refractivity contribution is 5.92. The number of methoxy groups -OCH3 is 1. The van der Waals surface area contributed by atoms with Crippen LogP contribution in [0.5, 0.6) is 5.88 Å². The van der Waals surface area contributed by atoms with Crippen LogP contribution in [0.3, 0.4) is 0 Å². The third-order valence-electron chi connectivity index (χ3n) is 2.82. The minimum absolute atomic E-state index is 0.252. The van der Waals surface area contributed by atoms with Gasteiger partial charge in [0.25, 0.3) is 0 Å². The average Bonchev–Trinajstić information content (AvgIpc) is 2.44. The monoisotopic (exact) mass is 267 g/mol. The Bertz CT molecular complexity index is 420. The Kier molecular flexibility index (Phi) is 6.08. The quantitative estimate of drug-likeness (QED) is 0.747. The molecule has 0 aromatic carbocycles. The van der Waals surface area contributed by atoms with E-state index in [0.717, 1.165) is 19.6 Å². The number of likely N-dealkylation sites (N-methyl/N-ethyl adjacent to an activating group) is 1. The molecular weight excluding hydrogens is 246 g/mol. The highest BCUT2D eigenvalue weighted by atomic mass is 16.5. The standard InChI is InChI=1S/C13H21N3O3/c1-4-16(5-2)6-7-19-12-11(13(17)18-3)8-10(14)9-15-12/h8-9H,4-7,14H2,1-3H3. The number of rotatable bonds is 7. The van der Waals surface area contributed by atoms with Crippen LogP contribution < -0.4 is 10.5 Å². The average molecular weight is 267 g/mol. The van der Waals surface area contributed by atoms with Crippen molar-refractivity contribution in [3.05, 3.63) is 17.8 Å². The van der Waals surface area contributed by atoms with Crippen molar-refractivity contribution in [1.82, 2.24) is 9.88 Å². The molecule has 0 aliphatic heterocycles. The molecule has 19 heavy (non-hydrogen) atoms. The molecule has 0 saturated heterocycles. The Balaban J connectivity index is 2.69. The maximum Gasteiger partial charge on any atom is 0.343 e. The highest BCUT2D eigenvalue weighted by Gasteiger charge is 2.15. The SMILES string of the molecule is CCN(CC)CCOc1ncc(N)cc1C(=O)OC. The van der Waals surface area contributed by atoms with Crippen molar-refractivity contribution in [3.8, 4) is 5.88 Å². The molecule has 1 rings (SSSR count). The Labute approximate surface area is 113 Å². The molecule has 6 heteroatoms. The summed E-state index contributed by atoms with van der Waals surface area (Å²) in [5.74, 6) is -0.245. The lowest BCUT2D eigenvalue weighted by atomic mass is 10.2. The van der Waals surface area contributed by atoms with E-state index in [4.69, 9.17) is 10.5 Å². The van der Waals surface area contributed by atoms with Crippen molar-refractivity contribution in [2.24, 2.45) is 0 Å². The Hall–Kier alpha value is -1.82. The first-order valence-electron chi connectivity index (χ1n) is 6.31. The van der Waals surface area contributed by atoms with Crippen LogP contribution in [0.4, 0.5) is 5.69 Å². The van der Waals surface area contributed by atoms with E-state index in [1.807, 2.05) is 0 Å². The number of nitrogen functional groups attached to an aromatic ring is 1. The van der Waals surface area contributed by atoms with E-state index >= 15 is 0 Å². The summed E-state index contributed by atoms with van der Waals surface area (Å²) in [7, 11) is 1.31. The largest absolute Gasteiger partial charge is 0.476 e. The number of ether oxygens (including phenoxy) is 2. The van der Waals surface area contributed by atoms with Gasteiger partial charge in [0.2, 0.25) is 5.88 Å². The van der Waals surface area contributed by atoms with Gasteiger partial charge in [-0.3, -0.25) is 0 Å². The summed E-state index contributed by atoms with van der Waals surface area (Å²) in [6, 6.07) is 1.51. The molecule has 1 aromatic heterocycles. The van der Waals surface area contributed by atoms with Gasteiger partial charge in [-0.2, -0.15) is 0 Å². The van der Waals surface area contributed by atoms with Crippen molar-refractivity contribution in [1.29, 1.82) is 0 Å². The van der Waals surface area contributed by atoms with E-state index in [-0.39, 0.29) is 11.4 Å². The molecule has 2 N–H and O–H groups in total. The first-order valence-corrected chi connectivity index (χ1v) is 6.31. The predicted molar refractivity (Wildman–Crippen MR) is 73.3 cm³/mol. The minimum atomic E-state index is -0.502. The van der Waals surface area contributed by atoms with Crippen molar-refractivity contribution in [2.45, 2.75) is 13.8 Å². The minimum Gasteiger partial charge on any atom is -0.476 e. The van der Waals surface area contributed by atoms with Crippen LogP contribution in [0, 0.1) is 0 Å². The number of carbonyl (C=O) groups excluding carboxylic acids is 1. The van der Waals surface area contributed by atoms with Gasteiger partial charge in [0.15, 0.2) is 0 Å². The maximum atomic E-state index is 11.6. The van der Waals surface area contributed by atoms with Crippen molar-refractivity contribution in [2.75, 3.05) is 39.1 Å². The van der Waals surface area contributed by atoms with Crippen LogP contribution in [-0.2, 0) is 4.74 Å². The number of nitrogens with zero attached hydrogens (tertiary/aromatic N) is 2. The fourth-order valence-electron chi connectivity index (χ4n) is 1.65. The van der Waals surface area contributed by atoms with E-state index < -0.39 is 5.97 Å². The summed E-state index contributed by atoms with van der Waals surface area (Å²) in [6.45, 7) is 7.33. The molecule has 0 radical (unpaired) electrons. The lowest BCUT2D eigenvalue weighted by molar-refractivity contribution is 0.0594. The van der Waals surface area contributed by atoms with Crippen LogP contribution in [0.1, 0.15) is 24.2 Å². The second-order valence-corrected chi connectivity index (χ2v) is 3.99. The van der Waals surface area contributed by atoms with Gasteiger partial charge < -0.3 is 20.1 Å². The Morgan fingerprint density at radius 1 is 1.42 bits per heavy atom. The van der Waals surface area contributed by atoms with Gasteiger partial charge in [0, 0.05) is 6.54 Å². The van der Waals surface area contributed by atoms with Gasteiger partial charge in [-0.25, -0.2) is 9.78 Å². The van der Waals surface area contributed by atoms with Gasteiger partial charge in [-0.05, 0) is 19.2 Å². The van der Waals surface area contributed by atoms with Crippen LogP contribution >= 0.6 is 0 Å². The van der Waals surface area contributed by atoms with Crippen molar-refractivity contribution >= 4 is 11.7 Å². The lowest BCUT2D eigenvalue weighted by Gasteiger charge is -2.18. The van der Waals surface area contributed by atoms with Gasteiger partial charge >= 0.3 is 5.97 Å². The molecule has 0 atom stereocenters. The zero-order valence-corrected chi connectivity index (χ0v) is 11.7. The van der Waals surface area contributed by atoms with Gasteiger partial charge in [0.1, 0.15) is 12.2 Å². The highest BCUT2D eigenvalue weighted by Crippen LogP contribution is 2.18. The first kappa shape index (κ1) is 15.2. The molecule has 1 aromatic rings. The normalized spacial score (nSPS) is 10.5. The smallest absolute Gasteiger partial charge is 0.343 e. The summed E-state index contributed by atoms with van der Waals surface area (Å²) >= 11 is 0. The van der Waals surface area contributed by atoms with Gasteiger partial charge in [-0.1, -0.05) is 13.8 Å². The number of hydrogen-bond acceptors (Lipinski definition) is 6. The summed E-state index contributed by atoms with van der Waals surface area (Å²) in [4.78, 5) is 17.8. The van der Waals surface area contributed by atoms with Crippen molar-refractivity contribution < 1.29 is 14.3 Å². The number of aromatic nitrogens is 1. The molecule has 0 saturated carbocycles. The molecule has 0 spiro atoms. The Morgan fingerprint density at radius 2 is 2.11 bits per heavy atom. The van der Waals surface area contributed by atoms with E-state index in [2.05, 4.69) is 28.5 Å². The zero-order valence-electron chi connectivity index (χ0n) is 11.7. The molecule has 0 unspecified atom stereocenters. The molecular formula is C13H21N3O3. The van der Waals surface area contributed by atoms with Crippen LogP contribution in [-0.4, -0.2) is 49.2 Å². The Morgan fingerprint density at radius 3 is 2.68 bits per heavy atom. The summed E-state index contributed by atoms with van der Waals surface area (Å²) in [6.07, 6.45) is 1.46. The van der Waals surface area contributed by atoms with E-state index in [9.17, 15) is 4.79 Å². The number of hydrogen-bond donors (Lipinski definition) is 1. The number of esters is 1. The van der Waals surface area contributed by atoms with Crippen LogP contribution in [0.15, 0.2) is 12.3 Å². The van der Waals surface area contributed by atoms with E-state index in [1.54, 1.807) is 0 Å². The third kappa shape index (κ3) is 4.40. The topological polar surface area (TPSA) is 77.7 Å². The van der Waals surface area contributed by atoms with E-state index in [1.165, 1.54) is 19.4 Å². The predicted octanol–water partition coefficient (Wildman–Crippen LogP) is 1.17. The molecule has 0 aliphatic rings. The summed E-state index contributed by atoms with van der Waals surface area (Å²) in [5.41, 5.74) is 6.26. The molecule has 0 amide bonds. The maximum absolute atomic E-state index is 11.6. The summed E-state index contributed by atoms with van der Waals surface area (Å²) in [5, 5.41) is 0. The fraction of sp³-hybridized carbons (Fsp3) is 0.538. The van der Waals surface area contributed by atoms with Crippen LogP contribution in [0.25, 0.3) is 0 Å². The number of nitrogens with two attached hydrogens (primary N) is 1. The molecule has 1 heterocycles. The number of carbonyl (C=O) groups is 1. The zero-order chi connectivity index (χ0) is 14.3. The second kappa shape index (κ2) is 7.58. The second-order valence-electron chi connectivity index (χ2n) is 3.99. The number of pyridine rings is 1. The number of anilines is 1. The fourth-order valence-corrected chi connectivity index (χ4v) is 1.65. The van der Waals surface area contributed by atoms with Crippen molar-refractivity contribution in [3.63, 3.8) is 0 Å². The van der Waals surface area contributed by atoms with Crippen LogP contribution in [0.2, 0.25) is 0 Å². The molecule has 0 fully saturated rings. The van der Waals surface area contributed by atoms with Gasteiger partial charge in [0.05, 0.1) is 19.0 Å². The molecule has 106 valence electrons. The summed E-state index contributed by atoms with van der Waals surface area (Å²) < 4.78 is 10.2. The lowest BCUT2D eigenvalue weighted by Crippen LogP contribution is -2.28. The first-order chi connectivity index (χ1) is 9.12. The van der Waals surface area contributed by atoms with Gasteiger partial charge in [-0.15, -0.1) is 0 Å².